The molecule has 0 spiro atoms. The van der Waals surface area contributed by atoms with Crippen LogP contribution in [0.15, 0.2) is 59.1 Å². The first-order valence-electron chi connectivity index (χ1n) is 9.96. The van der Waals surface area contributed by atoms with Gasteiger partial charge in [-0.2, -0.15) is 0 Å². The third-order valence-corrected chi connectivity index (χ3v) is 6.11. The van der Waals surface area contributed by atoms with E-state index in [0.29, 0.717) is 5.56 Å². The number of ether oxygens (including phenoxy) is 1. The highest BCUT2D eigenvalue weighted by Gasteiger charge is 2.35. The predicted molar refractivity (Wildman–Crippen MR) is 140 cm³/mol. The number of aliphatic imine (C=N–C) groups is 1. The number of non-ortho nitro benzene ring substituents is 1. The minimum atomic E-state index is -0.591. The Kier molecular flexibility index (Phi) is 7.28. The molecule has 0 unspecified atom stereocenters. The first-order chi connectivity index (χ1) is 17.1. The number of nitro benzene ring substituents is 1. The van der Waals surface area contributed by atoms with Crippen LogP contribution >= 0.6 is 46.4 Å². The molecule has 2 N–H and O–H groups in total. The van der Waals surface area contributed by atoms with Gasteiger partial charge in [-0.3, -0.25) is 20.3 Å². The monoisotopic (exact) mass is 566 g/mol. The second-order valence-corrected chi connectivity index (χ2v) is 8.97. The molecular weight excluding hydrogens is 554 g/mol. The standard InChI is InChI=1S/C23H14Cl4N4O5/c1-36-20-7-11(2-5-19(20)32)6-14-22(28-18-10-13(31(34)35)3-4-15(18)25)29-30(23(14)33)21-16(26)8-12(24)9-17(21)27/h2-10,32H,1H3,(H,28,29). The highest BCUT2D eigenvalue weighted by Crippen LogP contribution is 2.39. The van der Waals surface area contributed by atoms with Crippen LogP contribution in [-0.2, 0) is 4.79 Å². The van der Waals surface area contributed by atoms with Crippen molar-refractivity contribution in [2.75, 3.05) is 12.1 Å². The summed E-state index contributed by atoms with van der Waals surface area (Å²) in [6.07, 6.45) is 1.49. The van der Waals surface area contributed by atoms with Gasteiger partial charge in [-0.25, -0.2) is 10.0 Å². The minimum absolute atomic E-state index is 0.0107. The number of phenolic OH excluding ortho intramolecular Hbond substituents is 1. The Morgan fingerprint density at radius 1 is 1.06 bits per heavy atom. The van der Waals surface area contributed by atoms with E-state index in [9.17, 15) is 20.0 Å². The van der Waals surface area contributed by atoms with E-state index in [0.717, 1.165) is 5.01 Å². The summed E-state index contributed by atoms with van der Waals surface area (Å²) in [5, 5.41) is 22.8. The average molecular weight is 568 g/mol. The molecule has 0 atom stereocenters. The number of amides is 1. The number of nitrogens with zero attached hydrogens (tertiary/aromatic N) is 3. The third-order valence-electron chi connectivity index (χ3n) is 5.00. The lowest BCUT2D eigenvalue weighted by Gasteiger charge is -2.18. The van der Waals surface area contributed by atoms with Crippen molar-refractivity contribution in [3.63, 3.8) is 0 Å². The number of methoxy groups -OCH3 is 1. The van der Waals surface area contributed by atoms with Crippen LogP contribution in [-0.4, -0.2) is 28.9 Å². The van der Waals surface area contributed by atoms with Gasteiger partial charge in [-0.1, -0.05) is 52.5 Å². The number of carbonyl (C=O) groups is 1. The van der Waals surface area contributed by atoms with Crippen LogP contribution in [0.3, 0.4) is 0 Å². The number of rotatable bonds is 5. The van der Waals surface area contributed by atoms with Gasteiger partial charge in [-0.15, -0.1) is 0 Å². The molecule has 1 saturated heterocycles. The smallest absolute Gasteiger partial charge is 0.280 e. The van der Waals surface area contributed by atoms with E-state index in [4.69, 9.17) is 51.1 Å². The number of anilines is 1. The van der Waals surface area contributed by atoms with Crippen molar-refractivity contribution in [1.82, 2.24) is 5.43 Å². The van der Waals surface area contributed by atoms with E-state index < -0.39 is 10.8 Å². The minimum Gasteiger partial charge on any atom is -0.504 e. The zero-order valence-corrected chi connectivity index (χ0v) is 21.2. The normalized spacial score (nSPS) is 15.5. The quantitative estimate of drug-likeness (QED) is 0.204. The van der Waals surface area contributed by atoms with Crippen molar-refractivity contribution >= 4 is 81.3 Å². The number of halogens is 4. The van der Waals surface area contributed by atoms with Crippen molar-refractivity contribution in [2.24, 2.45) is 4.99 Å². The van der Waals surface area contributed by atoms with Crippen LogP contribution in [0.5, 0.6) is 11.5 Å². The Morgan fingerprint density at radius 3 is 2.39 bits per heavy atom. The van der Waals surface area contributed by atoms with Gasteiger partial charge in [-0.05, 0) is 42.0 Å². The molecule has 1 fully saturated rings. The summed E-state index contributed by atoms with van der Waals surface area (Å²) in [4.78, 5) is 28.6. The van der Waals surface area contributed by atoms with E-state index in [1.165, 1.54) is 55.7 Å². The van der Waals surface area contributed by atoms with Crippen LogP contribution in [0.2, 0.25) is 20.1 Å². The second-order valence-electron chi connectivity index (χ2n) is 7.31. The molecule has 184 valence electrons. The van der Waals surface area contributed by atoms with E-state index >= 15 is 0 Å². The molecule has 0 radical (unpaired) electrons. The zero-order chi connectivity index (χ0) is 26.1. The average Bonchev–Trinajstić information content (AvgIpc) is 3.10. The van der Waals surface area contributed by atoms with E-state index in [2.05, 4.69) is 10.4 Å². The molecule has 0 aliphatic carbocycles. The van der Waals surface area contributed by atoms with Crippen LogP contribution in [0, 0.1) is 10.1 Å². The number of nitrogens with one attached hydrogen (secondary N) is 1. The summed E-state index contributed by atoms with van der Waals surface area (Å²) in [5.74, 6) is -0.484. The first-order valence-corrected chi connectivity index (χ1v) is 11.5. The molecule has 3 aromatic carbocycles. The molecule has 9 nitrogen and oxygen atoms in total. The largest absolute Gasteiger partial charge is 0.504 e. The fraction of sp³-hybridized carbons (Fsp3) is 0.0435. The molecule has 13 heteroatoms. The number of phenols is 1. The Bertz CT molecular complexity index is 1450. The number of aromatic hydroxyl groups is 1. The molecule has 36 heavy (non-hydrogen) atoms. The van der Waals surface area contributed by atoms with Crippen molar-refractivity contribution in [1.29, 1.82) is 0 Å². The number of hydrazine groups is 1. The molecule has 3 aromatic rings. The third kappa shape index (κ3) is 5.05. The lowest BCUT2D eigenvalue weighted by molar-refractivity contribution is -0.384. The fourth-order valence-electron chi connectivity index (χ4n) is 3.33. The van der Waals surface area contributed by atoms with E-state index in [1.54, 1.807) is 6.07 Å². The lowest BCUT2D eigenvalue weighted by atomic mass is 10.1. The summed E-state index contributed by atoms with van der Waals surface area (Å²) in [7, 11) is 1.39. The second kappa shape index (κ2) is 10.2. The fourth-order valence-corrected chi connectivity index (χ4v) is 4.48. The van der Waals surface area contributed by atoms with Crippen LogP contribution in [0.1, 0.15) is 5.56 Å². The van der Waals surface area contributed by atoms with Crippen LogP contribution < -0.4 is 15.2 Å². The summed E-state index contributed by atoms with van der Waals surface area (Å²) < 4.78 is 5.13. The predicted octanol–water partition coefficient (Wildman–Crippen LogP) is 6.59. The maximum absolute atomic E-state index is 13.5. The summed E-state index contributed by atoms with van der Waals surface area (Å²) in [6.45, 7) is 0. The number of hydrogen-bond donors (Lipinski definition) is 2. The number of hydrogen-bond acceptors (Lipinski definition) is 6. The van der Waals surface area contributed by atoms with Crippen molar-refractivity contribution < 1.29 is 19.6 Å². The zero-order valence-electron chi connectivity index (χ0n) is 18.1. The summed E-state index contributed by atoms with van der Waals surface area (Å²) in [6, 6.07) is 11.0. The maximum atomic E-state index is 13.5. The molecular formula is C23H14Cl4N4O5. The molecule has 4 rings (SSSR count). The van der Waals surface area contributed by atoms with Crippen LogP contribution in [0.25, 0.3) is 6.08 Å². The summed E-state index contributed by atoms with van der Waals surface area (Å²) in [5.41, 5.74) is 3.31. The number of carbonyl (C=O) groups excluding carboxylic acids is 1. The first kappa shape index (κ1) is 25.6. The topological polar surface area (TPSA) is 117 Å². The van der Waals surface area contributed by atoms with Gasteiger partial charge in [0, 0.05) is 17.2 Å². The summed E-state index contributed by atoms with van der Waals surface area (Å²) >= 11 is 24.9. The maximum Gasteiger partial charge on any atom is 0.280 e. The molecule has 1 aliphatic heterocycles. The van der Waals surface area contributed by atoms with Gasteiger partial charge >= 0.3 is 0 Å². The molecule has 0 aromatic heterocycles. The number of amidine groups is 1. The number of benzene rings is 3. The molecule has 0 bridgehead atoms. The van der Waals surface area contributed by atoms with Gasteiger partial charge in [0.05, 0.1) is 38.4 Å². The highest BCUT2D eigenvalue weighted by atomic mass is 35.5. The van der Waals surface area contributed by atoms with Gasteiger partial charge in [0.2, 0.25) is 0 Å². The molecule has 0 saturated carbocycles. The van der Waals surface area contributed by atoms with Crippen molar-refractivity contribution in [3.8, 4) is 11.5 Å². The van der Waals surface area contributed by atoms with E-state index in [1.807, 2.05) is 0 Å². The number of nitro groups is 1. The molecule has 1 aliphatic rings. The van der Waals surface area contributed by atoms with Crippen LogP contribution in [0.4, 0.5) is 17.1 Å². The lowest BCUT2D eigenvalue weighted by Crippen LogP contribution is -2.36. The molecule has 1 amide bonds. The Hall–Kier alpha value is -3.50. The Morgan fingerprint density at radius 2 is 1.75 bits per heavy atom. The molecule has 1 heterocycles. The highest BCUT2D eigenvalue weighted by molar-refractivity contribution is 6.44. The van der Waals surface area contributed by atoms with Gasteiger partial charge < -0.3 is 9.84 Å². The van der Waals surface area contributed by atoms with Gasteiger partial charge in [0.1, 0.15) is 5.69 Å². The Labute approximate surface area is 224 Å². The van der Waals surface area contributed by atoms with Gasteiger partial charge in [0.25, 0.3) is 11.6 Å². The van der Waals surface area contributed by atoms with Crippen molar-refractivity contribution in [2.45, 2.75) is 0 Å². The Balaban J connectivity index is 1.89. The SMILES string of the molecule is COc1cc(C=C2C(=O)N(c3c(Cl)cc(Cl)cc3Cl)NC2=Nc2cc([N+](=O)[O-])ccc2Cl)ccc1O. The van der Waals surface area contributed by atoms with E-state index in [-0.39, 0.29) is 60.1 Å². The van der Waals surface area contributed by atoms with Crippen molar-refractivity contribution in [3.05, 3.63) is 89.9 Å². The van der Waals surface area contributed by atoms with Gasteiger partial charge in [0.15, 0.2) is 17.3 Å².